The maximum atomic E-state index is 12.2. The average Bonchev–Trinajstić information content (AvgIpc) is 2.73. The van der Waals surface area contributed by atoms with E-state index in [0.29, 0.717) is 12.5 Å². The van der Waals surface area contributed by atoms with Crippen molar-refractivity contribution in [3.05, 3.63) is 47.5 Å². The fraction of sp³-hybridized carbons (Fsp3) is 0.591. The van der Waals surface area contributed by atoms with E-state index in [1.54, 1.807) is 0 Å². The van der Waals surface area contributed by atoms with E-state index in [1.807, 2.05) is 0 Å². The summed E-state index contributed by atoms with van der Waals surface area (Å²) in [7, 11) is 0. The number of carbonyl (C=O) groups is 1. The highest BCUT2D eigenvalue weighted by atomic mass is 16.2. The van der Waals surface area contributed by atoms with Gasteiger partial charge in [-0.15, -0.1) is 0 Å². The van der Waals surface area contributed by atoms with E-state index in [9.17, 15) is 4.79 Å². The molecule has 0 radical (unpaired) electrons. The highest BCUT2D eigenvalue weighted by molar-refractivity contribution is 5.73. The minimum atomic E-state index is -0.0593. The van der Waals surface area contributed by atoms with Gasteiger partial charge < -0.3 is 15.5 Å². The first kappa shape index (κ1) is 19.9. The Morgan fingerprint density at radius 1 is 1.04 bits per heavy atom. The van der Waals surface area contributed by atoms with Crippen molar-refractivity contribution in [2.24, 2.45) is 5.92 Å². The number of nitrogens with one attached hydrogen (secondary N) is 2. The first-order valence-corrected chi connectivity index (χ1v) is 10.4. The minimum Gasteiger partial charge on any atom is -0.338 e. The van der Waals surface area contributed by atoms with Gasteiger partial charge in [0.15, 0.2) is 0 Å². The molecule has 1 unspecified atom stereocenters. The Kier molecular flexibility index (Phi) is 7.72. The van der Waals surface area contributed by atoms with Crippen LogP contribution in [0.15, 0.2) is 36.4 Å². The largest absolute Gasteiger partial charge is 0.338 e. The van der Waals surface area contributed by atoms with Crippen molar-refractivity contribution in [3.8, 4) is 0 Å². The molecule has 0 spiro atoms. The summed E-state index contributed by atoms with van der Waals surface area (Å²) in [6.07, 6.45) is 7.84. The molecule has 1 aliphatic heterocycles. The second kappa shape index (κ2) is 10.5. The molecule has 2 aliphatic rings. The number of likely N-dealkylation sites (N-methyl/N-ethyl adjacent to an activating group) is 1. The molecule has 1 aromatic carbocycles. The summed E-state index contributed by atoms with van der Waals surface area (Å²) in [4.78, 5) is 17.2. The topological polar surface area (TPSA) is 47.6 Å². The van der Waals surface area contributed by atoms with Gasteiger partial charge in [0.05, 0.1) is 0 Å². The second-order valence-corrected chi connectivity index (χ2v) is 7.69. The summed E-state index contributed by atoms with van der Waals surface area (Å²) in [6, 6.07) is 8.41. The third-order valence-corrected chi connectivity index (χ3v) is 5.79. The Labute approximate surface area is 163 Å². The minimum absolute atomic E-state index is 0.0593. The zero-order valence-corrected chi connectivity index (χ0v) is 16.6. The zero-order valence-electron chi connectivity index (χ0n) is 16.6. The third-order valence-electron chi connectivity index (χ3n) is 5.79. The van der Waals surface area contributed by atoms with E-state index in [0.717, 1.165) is 58.7 Å². The second-order valence-electron chi connectivity index (χ2n) is 7.69. The lowest BCUT2D eigenvalue weighted by atomic mass is 9.94. The molecule has 148 valence electrons. The molecule has 1 saturated heterocycles. The molecule has 1 aliphatic carbocycles. The predicted octanol–water partition coefficient (Wildman–Crippen LogP) is 2.98. The van der Waals surface area contributed by atoms with Gasteiger partial charge in [0, 0.05) is 45.8 Å². The lowest BCUT2D eigenvalue weighted by molar-refractivity contribution is 0.131. The van der Waals surface area contributed by atoms with E-state index in [-0.39, 0.29) is 6.03 Å². The van der Waals surface area contributed by atoms with E-state index in [1.165, 1.54) is 17.5 Å². The van der Waals surface area contributed by atoms with Gasteiger partial charge in [-0.2, -0.15) is 0 Å². The summed E-state index contributed by atoms with van der Waals surface area (Å²) < 4.78 is 0. The SMILES string of the molecule is CCN1CCN(Cc2ccccc2CNC(=O)NCC2CC=CCC2)CC1. The number of piperazine rings is 1. The summed E-state index contributed by atoms with van der Waals surface area (Å²) in [5.41, 5.74) is 2.53. The number of carbonyl (C=O) groups excluding carboxylic acids is 1. The number of rotatable bonds is 7. The molecule has 27 heavy (non-hydrogen) atoms. The molecular weight excluding hydrogens is 336 g/mol. The summed E-state index contributed by atoms with van der Waals surface area (Å²) >= 11 is 0. The van der Waals surface area contributed by atoms with E-state index < -0.39 is 0 Å². The van der Waals surface area contributed by atoms with Gasteiger partial charge >= 0.3 is 6.03 Å². The van der Waals surface area contributed by atoms with Gasteiger partial charge in [0.2, 0.25) is 0 Å². The fourth-order valence-corrected chi connectivity index (χ4v) is 3.91. The number of allylic oxidation sites excluding steroid dienone is 2. The van der Waals surface area contributed by atoms with Crippen molar-refractivity contribution >= 4 is 6.03 Å². The Bertz CT molecular complexity index is 622. The van der Waals surface area contributed by atoms with Crippen molar-refractivity contribution in [2.45, 2.75) is 39.3 Å². The van der Waals surface area contributed by atoms with E-state index in [4.69, 9.17) is 0 Å². The number of urea groups is 1. The van der Waals surface area contributed by atoms with Gasteiger partial charge in [-0.05, 0) is 42.9 Å². The molecule has 0 saturated carbocycles. The highest BCUT2D eigenvalue weighted by Gasteiger charge is 2.17. The lowest BCUT2D eigenvalue weighted by Crippen LogP contribution is -2.45. The lowest BCUT2D eigenvalue weighted by Gasteiger charge is -2.34. The van der Waals surface area contributed by atoms with Crippen LogP contribution in [0.4, 0.5) is 4.79 Å². The van der Waals surface area contributed by atoms with E-state index >= 15 is 0 Å². The van der Waals surface area contributed by atoms with Crippen LogP contribution in [0.3, 0.4) is 0 Å². The number of benzene rings is 1. The number of nitrogens with zero attached hydrogens (tertiary/aromatic N) is 2. The molecule has 0 aromatic heterocycles. The fourth-order valence-electron chi connectivity index (χ4n) is 3.91. The maximum absolute atomic E-state index is 12.2. The van der Waals surface area contributed by atoms with Crippen LogP contribution in [-0.4, -0.2) is 55.1 Å². The summed E-state index contributed by atoms with van der Waals surface area (Å²) in [5.74, 6) is 0.579. The molecule has 1 atom stereocenters. The van der Waals surface area contributed by atoms with Crippen LogP contribution in [0.2, 0.25) is 0 Å². The first-order valence-electron chi connectivity index (χ1n) is 10.4. The Hall–Kier alpha value is -1.85. The van der Waals surface area contributed by atoms with Gasteiger partial charge in [-0.1, -0.05) is 43.3 Å². The average molecular weight is 371 g/mol. The predicted molar refractivity (Wildman–Crippen MR) is 111 cm³/mol. The smallest absolute Gasteiger partial charge is 0.315 e. The number of hydrogen-bond donors (Lipinski definition) is 2. The van der Waals surface area contributed by atoms with Crippen LogP contribution in [0, 0.1) is 5.92 Å². The first-order chi connectivity index (χ1) is 13.2. The van der Waals surface area contributed by atoms with Crippen molar-refractivity contribution in [3.63, 3.8) is 0 Å². The standard InChI is InChI=1S/C22H34N4O/c1-2-25-12-14-26(15-13-25)18-21-11-7-6-10-20(21)17-24-22(27)23-16-19-8-4-3-5-9-19/h3-4,6-7,10-11,19H,2,5,8-9,12-18H2,1H3,(H2,23,24,27). The summed E-state index contributed by atoms with van der Waals surface area (Å²) in [6.45, 7) is 10.2. The Morgan fingerprint density at radius 2 is 1.78 bits per heavy atom. The highest BCUT2D eigenvalue weighted by Crippen LogP contribution is 2.17. The molecule has 1 heterocycles. The summed E-state index contributed by atoms with van der Waals surface area (Å²) in [5, 5.41) is 6.07. The third kappa shape index (κ3) is 6.36. The molecule has 5 heteroatoms. The van der Waals surface area contributed by atoms with Crippen LogP contribution >= 0.6 is 0 Å². The monoisotopic (exact) mass is 370 g/mol. The molecule has 2 amide bonds. The number of amides is 2. The quantitative estimate of drug-likeness (QED) is 0.726. The van der Waals surface area contributed by atoms with Crippen molar-refractivity contribution in [1.82, 2.24) is 20.4 Å². The van der Waals surface area contributed by atoms with Gasteiger partial charge in [-0.25, -0.2) is 4.79 Å². The van der Waals surface area contributed by atoms with E-state index in [2.05, 4.69) is 63.8 Å². The van der Waals surface area contributed by atoms with Gasteiger partial charge in [0.1, 0.15) is 0 Å². The Morgan fingerprint density at radius 3 is 2.48 bits per heavy atom. The molecule has 3 rings (SSSR count). The molecule has 5 nitrogen and oxygen atoms in total. The van der Waals surface area contributed by atoms with Crippen LogP contribution < -0.4 is 10.6 Å². The molecule has 2 N–H and O–H groups in total. The van der Waals surface area contributed by atoms with Crippen LogP contribution in [0.5, 0.6) is 0 Å². The Balaban J connectivity index is 1.44. The van der Waals surface area contributed by atoms with Gasteiger partial charge in [-0.3, -0.25) is 4.90 Å². The maximum Gasteiger partial charge on any atom is 0.315 e. The zero-order chi connectivity index (χ0) is 18.9. The van der Waals surface area contributed by atoms with Crippen LogP contribution in [0.1, 0.15) is 37.3 Å². The van der Waals surface area contributed by atoms with Crippen molar-refractivity contribution < 1.29 is 4.79 Å². The molecule has 1 fully saturated rings. The molecule has 1 aromatic rings. The molecular formula is C22H34N4O. The molecule has 0 bridgehead atoms. The van der Waals surface area contributed by atoms with Crippen molar-refractivity contribution in [2.75, 3.05) is 39.3 Å². The van der Waals surface area contributed by atoms with Gasteiger partial charge in [0.25, 0.3) is 0 Å². The van der Waals surface area contributed by atoms with Crippen LogP contribution in [0.25, 0.3) is 0 Å². The van der Waals surface area contributed by atoms with Crippen LogP contribution in [-0.2, 0) is 13.1 Å². The van der Waals surface area contributed by atoms with Crippen molar-refractivity contribution in [1.29, 1.82) is 0 Å². The normalized spacial score (nSPS) is 21.1. The number of hydrogen-bond acceptors (Lipinski definition) is 3.